The van der Waals surface area contributed by atoms with Crippen molar-refractivity contribution >= 4 is 23.4 Å². The van der Waals surface area contributed by atoms with Gasteiger partial charge in [-0.3, -0.25) is 5.32 Å². The van der Waals surface area contributed by atoms with E-state index in [0.29, 0.717) is 23.4 Å². The topological polar surface area (TPSA) is 90.6 Å². The van der Waals surface area contributed by atoms with Crippen molar-refractivity contribution in [1.82, 2.24) is 0 Å². The summed E-state index contributed by atoms with van der Waals surface area (Å²) in [6.45, 7) is 5.41. The minimum Gasteiger partial charge on any atom is -0.454 e. The van der Waals surface area contributed by atoms with Crippen LogP contribution in [0.3, 0.4) is 0 Å². The molecule has 0 fully saturated rings. The molecule has 26 heavy (non-hydrogen) atoms. The van der Waals surface area contributed by atoms with E-state index in [1.165, 1.54) is 0 Å². The van der Waals surface area contributed by atoms with Crippen LogP contribution in [-0.4, -0.2) is 17.7 Å². The molecule has 2 aromatic rings. The number of carbonyl (C=O) groups excluding carboxylic acids is 2. The Morgan fingerprint density at radius 2 is 1.96 bits per heavy atom. The van der Waals surface area contributed by atoms with Crippen molar-refractivity contribution in [2.75, 3.05) is 11.1 Å². The molecule has 3 rings (SSSR count). The number of nitrogens with one attached hydrogen (secondary N) is 1. The summed E-state index contributed by atoms with van der Waals surface area (Å²) in [4.78, 5) is 24.1. The van der Waals surface area contributed by atoms with Crippen molar-refractivity contribution in [3.63, 3.8) is 0 Å². The van der Waals surface area contributed by atoms with Crippen LogP contribution >= 0.6 is 0 Å². The van der Waals surface area contributed by atoms with Crippen molar-refractivity contribution in [3.05, 3.63) is 59.2 Å². The third kappa shape index (κ3) is 3.96. The largest absolute Gasteiger partial charge is 0.454 e. The number of carbonyl (C=O) groups is 2. The summed E-state index contributed by atoms with van der Waals surface area (Å²) in [5.41, 5.74) is 8.46. The van der Waals surface area contributed by atoms with Gasteiger partial charge in [0.1, 0.15) is 11.7 Å². The first kappa shape index (κ1) is 17.8. The zero-order chi connectivity index (χ0) is 18.9. The van der Waals surface area contributed by atoms with Crippen LogP contribution < -0.4 is 11.1 Å². The Labute approximate surface area is 152 Å². The van der Waals surface area contributed by atoms with Gasteiger partial charge < -0.3 is 15.2 Å². The van der Waals surface area contributed by atoms with Gasteiger partial charge in [0, 0.05) is 23.4 Å². The summed E-state index contributed by atoms with van der Waals surface area (Å²) in [7, 11) is 0. The molecule has 1 amide bonds. The Bertz CT molecular complexity index is 855. The lowest BCUT2D eigenvalue weighted by Gasteiger charge is -2.21. The average molecular weight is 354 g/mol. The van der Waals surface area contributed by atoms with Gasteiger partial charge in [-0.1, -0.05) is 24.3 Å². The number of esters is 1. The number of benzene rings is 2. The van der Waals surface area contributed by atoms with E-state index in [-0.39, 0.29) is 5.97 Å². The van der Waals surface area contributed by atoms with Crippen LogP contribution in [0.1, 0.15) is 48.4 Å². The van der Waals surface area contributed by atoms with E-state index in [1.807, 2.05) is 24.3 Å². The summed E-state index contributed by atoms with van der Waals surface area (Å²) in [6, 6.07) is 12.6. The van der Waals surface area contributed by atoms with Crippen LogP contribution in [-0.2, 0) is 15.9 Å². The van der Waals surface area contributed by atoms with E-state index in [9.17, 15) is 9.59 Å². The van der Waals surface area contributed by atoms with Crippen molar-refractivity contribution in [1.29, 1.82) is 0 Å². The zero-order valence-electron chi connectivity index (χ0n) is 15.0. The first-order valence-electron chi connectivity index (χ1n) is 8.41. The third-order valence-corrected chi connectivity index (χ3v) is 3.95. The van der Waals surface area contributed by atoms with Crippen molar-refractivity contribution < 1.29 is 19.1 Å². The fraction of sp³-hybridized carbons (Fsp3) is 0.300. The standard InChI is InChI=1S/C20H22N2O4/c1-20(2,3)26-19(24)22-16-7-5-4-6-12(16)10-17-14-9-8-13(21)11-15(14)18(23)25-17/h4-9,11,17H,10,21H2,1-3H3,(H,22,24). The molecule has 1 heterocycles. The van der Waals surface area contributed by atoms with Crippen molar-refractivity contribution in [3.8, 4) is 0 Å². The maximum absolute atomic E-state index is 12.1. The molecule has 0 saturated heterocycles. The molecule has 1 atom stereocenters. The number of rotatable bonds is 3. The van der Waals surface area contributed by atoms with Crippen LogP contribution in [0.4, 0.5) is 16.2 Å². The summed E-state index contributed by atoms with van der Waals surface area (Å²) in [5, 5.41) is 2.76. The number of nitrogens with two attached hydrogens (primary N) is 1. The molecule has 0 spiro atoms. The predicted molar refractivity (Wildman–Crippen MR) is 99.0 cm³/mol. The second-order valence-electron chi connectivity index (χ2n) is 7.23. The SMILES string of the molecule is CC(C)(C)OC(=O)Nc1ccccc1CC1OC(=O)c2cc(N)ccc21. The van der Waals surface area contributed by atoms with Gasteiger partial charge in [-0.25, -0.2) is 9.59 Å². The molecule has 0 aliphatic carbocycles. The molecule has 6 heteroatoms. The summed E-state index contributed by atoms with van der Waals surface area (Å²) in [6.07, 6.45) is -0.504. The highest BCUT2D eigenvalue weighted by atomic mass is 16.6. The predicted octanol–water partition coefficient (Wildman–Crippen LogP) is 4.07. The maximum atomic E-state index is 12.1. The van der Waals surface area contributed by atoms with Crippen molar-refractivity contribution in [2.45, 2.75) is 38.9 Å². The third-order valence-electron chi connectivity index (χ3n) is 3.95. The molecule has 1 unspecified atom stereocenters. The lowest BCUT2D eigenvalue weighted by molar-refractivity contribution is 0.0386. The monoisotopic (exact) mass is 354 g/mol. The van der Waals surface area contributed by atoms with E-state index in [1.54, 1.807) is 39.0 Å². The summed E-state index contributed by atoms with van der Waals surface area (Å²) in [5.74, 6) is -0.380. The van der Waals surface area contributed by atoms with E-state index in [4.69, 9.17) is 15.2 Å². The molecule has 1 aliphatic rings. The highest BCUT2D eigenvalue weighted by Crippen LogP contribution is 2.35. The second kappa shape index (κ2) is 6.71. The molecule has 0 radical (unpaired) electrons. The Balaban J connectivity index is 1.80. The van der Waals surface area contributed by atoms with Crippen LogP contribution in [0.15, 0.2) is 42.5 Å². The minimum atomic E-state index is -0.584. The smallest absolute Gasteiger partial charge is 0.412 e. The first-order valence-corrected chi connectivity index (χ1v) is 8.41. The molecule has 2 aromatic carbocycles. The molecule has 3 N–H and O–H groups in total. The number of cyclic esters (lactones) is 1. The van der Waals surface area contributed by atoms with Crippen LogP contribution in [0, 0.1) is 0 Å². The fourth-order valence-corrected chi connectivity index (χ4v) is 2.87. The van der Waals surface area contributed by atoms with Gasteiger partial charge in [0.2, 0.25) is 0 Å². The maximum Gasteiger partial charge on any atom is 0.412 e. The highest BCUT2D eigenvalue weighted by Gasteiger charge is 2.31. The lowest BCUT2D eigenvalue weighted by atomic mass is 9.98. The molecule has 136 valence electrons. The molecular formula is C20H22N2O4. The van der Waals surface area contributed by atoms with Gasteiger partial charge >= 0.3 is 12.1 Å². The van der Waals surface area contributed by atoms with Gasteiger partial charge in [0.05, 0.1) is 5.56 Å². The average Bonchev–Trinajstić information content (AvgIpc) is 2.83. The van der Waals surface area contributed by atoms with E-state index in [2.05, 4.69) is 5.32 Å². The summed E-state index contributed by atoms with van der Waals surface area (Å²) >= 11 is 0. The molecule has 0 bridgehead atoms. The number of hydrogen-bond donors (Lipinski definition) is 2. The quantitative estimate of drug-likeness (QED) is 0.640. The Morgan fingerprint density at radius 1 is 1.23 bits per heavy atom. The minimum absolute atomic E-state index is 0.380. The van der Waals surface area contributed by atoms with E-state index < -0.39 is 17.8 Å². The second-order valence-corrected chi connectivity index (χ2v) is 7.23. The van der Waals surface area contributed by atoms with Gasteiger partial charge in [0.25, 0.3) is 0 Å². The molecule has 6 nitrogen and oxygen atoms in total. The van der Waals surface area contributed by atoms with Crippen molar-refractivity contribution in [2.24, 2.45) is 0 Å². The number of nitrogen functional groups attached to an aromatic ring is 1. The molecule has 1 aliphatic heterocycles. The number of hydrogen-bond acceptors (Lipinski definition) is 5. The number of fused-ring (bicyclic) bond motifs is 1. The molecule has 0 saturated carbocycles. The van der Waals surface area contributed by atoms with Crippen LogP contribution in [0.25, 0.3) is 0 Å². The van der Waals surface area contributed by atoms with Gasteiger partial charge in [-0.05, 0) is 44.5 Å². The van der Waals surface area contributed by atoms with Gasteiger partial charge in [-0.2, -0.15) is 0 Å². The Kier molecular flexibility index (Phi) is 4.59. The van der Waals surface area contributed by atoms with E-state index >= 15 is 0 Å². The number of para-hydroxylation sites is 1. The Hall–Kier alpha value is -3.02. The normalized spacial score (nSPS) is 16.0. The van der Waals surface area contributed by atoms with E-state index in [0.717, 1.165) is 11.1 Å². The number of ether oxygens (including phenoxy) is 2. The summed E-state index contributed by atoms with van der Waals surface area (Å²) < 4.78 is 10.8. The fourth-order valence-electron chi connectivity index (χ4n) is 2.87. The lowest BCUT2D eigenvalue weighted by Crippen LogP contribution is -2.27. The van der Waals surface area contributed by atoms with Gasteiger partial charge in [-0.15, -0.1) is 0 Å². The van der Waals surface area contributed by atoms with Crippen LogP contribution in [0.2, 0.25) is 0 Å². The molecular weight excluding hydrogens is 332 g/mol. The van der Waals surface area contributed by atoms with Gasteiger partial charge in [0.15, 0.2) is 0 Å². The van der Waals surface area contributed by atoms with Crippen LogP contribution in [0.5, 0.6) is 0 Å². The number of anilines is 2. The zero-order valence-corrected chi connectivity index (χ0v) is 15.0. The number of amides is 1. The highest BCUT2D eigenvalue weighted by molar-refractivity contribution is 5.95. The molecule has 0 aromatic heterocycles. The first-order chi connectivity index (χ1) is 12.2. The Morgan fingerprint density at radius 3 is 2.69 bits per heavy atom.